The molecule has 2 nitrogen and oxygen atoms in total. The van der Waals surface area contributed by atoms with E-state index >= 15 is 0 Å². The van der Waals surface area contributed by atoms with Crippen LogP contribution in [0, 0.1) is 11.3 Å². The number of alkyl halides is 1. The van der Waals surface area contributed by atoms with Gasteiger partial charge in [-0.05, 0) is 32.8 Å². The summed E-state index contributed by atoms with van der Waals surface area (Å²) in [6, 6.07) is 0. The van der Waals surface area contributed by atoms with E-state index < -0.39 is 10.8 Å². The number of halogens is 3. The molecule has 0 aromatic carbocycles. The fraction of sp³-hybridized carbons (Fsp3) is 0.727. The van der Waals surface area contributed by atoms with Crippen molar-refractivity contribution in [2.75, 3.05) is 6.61 Å². The highest BCUT2D eigenvalue weighted by molar-refractivity contribution is 6.56. The molecule has 0 bridgehead atoms. The van der Waals surface area contributed by atoms with Crippen LogP contribution in [0.15, 0.2) is 10.6 Å². The van der Waals surface area contributed by atoms with E-state index in [1.165, 1.54) is 6.08 Å². The molecule has 2 atom stereocenters. The summed E-state index contributed by atoms with van der Waals surface area (Å²) in [7, 11) is 0. The lowest BCUT2D eigenvalue weighted by Gasteiger charge is -2.31. The van der Waals surface area contributed by atoms with E-state index in [-0.39, 0.29) is 16.4 Å². The summed E-state index contributed by atoms with van der Waals surface area (Å²) in [6.45, 7) is 7.57. The van der Waals surface area contributed by atoms with Crippen molar-refractivity contribution in [2.45, 2.75) is 33.1 Å². The van der Waals surface area contributed by atoms with E-state index in [1.807, 2.05) is 6.92 Å². The molecular formula is C11H17Cl3O2. The van der Waals surface area contributed by atoms with Gasteiger partial charge < -0.3 is 4.74 Å². The van der Waals surface area contributed by atoms with Crippen molar-refractivity contribution in [3.63, 3.8) is 0 Å². The number of carbonyl (C=O) groups is 1. The molecule has 0 aliphatic carbocycles. The topological polar surface area (TPSA) is 26.3 Å². The summed E-state index contributed by atoms with van der Waals surface area (Å²) in [5.41, 5.74) is -0.678. The Kier molecular flexibility index (Phi) is 6.76. The van der Waals surface area contributed by atoms with E-state index in [0.29, 0.717) is 6.61 Å². The maximum atomic E-state index is 11.7. The van der Waals surface area contributed by atoms with Crippen molar-refractivity contribution in [1.29, 1.82) is 0 Å². The minimum atomic E-state index is -0.678. The Balaban J connectivity index is 4.74. The second-order valence-electron chi connectivity index (χ2n) is 4.13. The molecule has 0 rings (SSSR count). The first kappa shape index (κ1) is 16.1. The Morgan fingerprint density at radius 1 is 1.44 bits per heavy atom. The molecular weight excluding hydrogens is 270 g/mol. The summed E-state index contributed by atoms with van der Waals surface area (Å²) in [6.07, 6.45) is 1.51. The highest BCUT2D eigenvalue weighted by Crippen LogP contribution is 2.34. The van der Waals surface area contributed by atoms with Gasteiger partial charge in [-0.15, -0.1) is 11.6 Å². The molecule has 0 aromatic heterocycles. The largest absolute Gasteiger partial charge is 0.466 e. The lowest BCUT2D eigenvalue weighted by atomic mass is 9.78. The van der Waals surface area contributed by atoms with Crippen LogP contribution >= 0.6 is 34.8 Å². The van der Waals surface area contributed by atoms with E-state index in [9.17, 15) is 4.79 Å². The van der Waals surface area contributed by atoms with E-state index in [1.54, 1.807) is 20.8 Å². The zero-order valence-corrected chi connectivity index (χ0v) is 12.2. The minimum Gasteiger partial charge on any atom is -0.466 e. The molecule has 0 saturated carbocycles. The van der Waals surface area contributed by atoms with E-state index in [4.69, 9.17) is 39.5 Å². The SMILES string of the molecule is CCOC(=O)C(C)(C)C(C)C(Cl)C=C(Cl)Cl. The van der Waals surface area contributed by atoms with Gasteiger partial charge in [0.15, 0.2) is 0 Å². The number of allylic oxidation sites excluding steroid dienone is 1. The molecule has 94 valence electrons. The van der Waals surface area contributed by atoms with Crippen LogP contribution in [0.25, 0.3) is 0 Å². The van der Waals surface area contributed by atoms with Crippen LogP contribution in [0.1, 0.15) is 27.7 Å². The molecule has 0 N–H and O–H groups in total. The van der Waals surface area contributed by atoms with Gasteiger partial charge in [0.25, 0.3) is 0 Å². The maximum absolute atomic E-state index is 11.7. The van der Waals surface area contributed by atoms with Gasteiger partial charge in [0.2, 0.25) is 0 Å². The molecule has 0 heterocycles. The first-order chi connectivity index (χ1) is 7.23. The summed E-state index contributed by atoms with van der Waals surface area (Å²) < 4.78 is 5.10. The average molecular weight is 288 g/mol. The summed E-state index contributed by atoms with van der Waals surface area (Å²) in [4.78, 5) is 11.7. The van der Waals surface area contributed by atoms with Crippen molar-refractivity contribution in [2.24, 2.45) is 11.3 Å². The van der Waals surface area contributed by atoms with Gasteiger partial charge in [-0.2, -0.15) is 0 Å². The zero-order chi connectivity index (χ0) is 12.9. The third-order valence-corrected chi connectivity index (χ3v) is 3.46. The normalized spacial score (nSPS) is 15.2. The lowest BCUT2D eigenvalue weighted by molar-refractivity contribution is -0.156. The van der Waals surface area contributed by atoms with Crippen molar-refractivity contribution in [3.8, 4) is 0 Å². The third kappa shape index (κ3) is 4.52. The van der Waals surface area contributed by atoms with Crippen LogP contribution in [-0.2, 0) is 9.53 Å². The molecule has 0 spiro atoms. The average Bonchev–Trinajstić information content (AvgIpc) is 2.15. The number of esters is 1. The molecule has 0 aliphatic rings. The van der Waals surface area contributed by atoms with Crippen LogP contribution in [0.3, 0.4) is 0 Å². The summed E-state index contributed by atoms with van der Waals surface area (Å²) >= 11 is 17.2. The second kappa shape index (κ2) is 6.73. The van der Waals surface area contributed by atoms with Crippen LogP contribution in [0.4, 0.5) is 0 Å². The van der Waals surface area contributed by atoms with Gasteiger partial charge in [-0.25, -0.2) is 0 Å². The Morgan fingerprint density at radius 2 is 1.94 bits per heavy atom. The Morgan fingerprint density at radius 3 is 2.31 bits per heavy atom. The predicted molar refractivity (Wildman–Crippen MR) is 69.0 cm³/mol. The molecule has 0 radical (unpaired) electrons. The second-order valence-corrected chi connectivity index (χ2v) is 5.64. The standard InChI is InChI=1S/C11H17Cl3O2/c1-5-16-10(15)11(3,4)7(2)8(12)6-9(13)14/h6-8H,5H2,1-4H3. The fourth-order valence-electron chi connectivity index (χ4n) is 1.17. The lowest BCUT2D eigenvalue weighted by Crippen LogP contribution is -2.37. The molecule has 0 aliphatic heterocycles. The van der Waals surface area contributed by atoms with E-state index in [0.717, 1.165) is 0 Å². The Labute approximate surface area is 112 Å². The maximum Gasteiger partial charge on any atom is 0.311 e. The van der Waals surface area contributed by atoms with Crippen molar-refractivity contribution < 1.29 is 9.53 Å². The van der Waals surface area contributed by atoms with Crippen LogP contribution in [0.2, 0.25) is 0 Å². The molecule has 0 saturated heterocycles. The highest BCUT2D eigenvalue weighted by Gasteiger charge is 2.38. The monoisotopic (exact) mass is 286 g/mol. The van der Waals surface area contributed by atoms with Gasteiger partial charge in [-0.3, -0.25) is 4.79 Å². The van der Waals surface area contributed by atoms with Crippen LogP contribution in [-0.4, -0.2) is 18.0 Å². The third-order valence-electron chi connectivity index (χ3n) is 2.70. The van der Waals surface area contributed by atoms with Crippen LogP contribution < -0.4 is 0 Å². The highest BCUT2D eigenvalue weighted by atomic mass is 35.5. The fourth-order valence-corrected chi connectivity index (χ4v) is 2.01. The Hall–Kier alpha value is 0.0800. The number of ether oxygens (including phenoxy) is 1. The number of rotatable bonds is 5. The van der Waals surface area contributed by atoms with Gasteiger partial charge in [0, 0.05) is 0 Å². The summed E-state index contributed by atoms with van der Waals surface area (Å²) in [5, 5.41) is -0.413. The Bertz CT molecular complexity index is 270. The first-order valence-electron chi connectivity index (χ1n) is 5.07. The number of hydrogen-bond acceptors (Lipinski definition) is 2. The number of carbonyl (C=O) groups excluding carboxylic acids is 1. The smallest absolute Gasteiger partial charge is 0.311 e. The summed E-state index contributed by atoms with van der Waals surface area (Å²) in [5.74, 6) is -0.409. The molecule has 2 unspecified atom stereocenters. The minimum absolute atomic E-state index is 0.103. The van der Waals surface area contributed by atoms with E-state index in [2.05, 4.69) is 0 Å². The quantitative estimate of drug-likeness (QED) is 0.561. The van der Waals surface area contributed by atoms with Gasteiger partial charge in [0.05, 0.1) is 17.4 Å². The zero-order valence-electron chi connectivity index (χ0n) is 9.89. The number of hydrogen-bond donors (Lipinski definition) is 0. The van der Waals surface area contributed by atoms with Gasteiger partial charge >= 0.3 is 5.97 Å². The molecule has 0 amide bonds. The van der Waals surface area contributed by atoms with Crippen molar-refractivity contribution in [3.05, 3.63) is 10.6 Å². The van der Waals surface area contributed by atoms with Gasteiger partial charge in [-0.1, -0.05) is 30.1 Å². The molecule has 0 fully saturated rings. The first-order valence-corrected chi connectivity index (χ1v) is 6.26. The molecule has 16 heavy (non-hydrogen) atoms. The molecule has 0 aromatic rings. The van der Waals surface area contributed by atoms with Crippen molar-refractivity contribution >= 4 is 40.8 Å². The van der Waals surface area contributed by atoms with Crippen molar-refractivity contribution in [1.82, 2.24) is 0 Å². The molecule has 5 heteroatoms. The van der Waals surface area contributed by atoms with Gasteiger partial charge in [0.1, 0.15) is 4.49 Å². The predicted octanol–water partition coefficient (Wildman–Crippen LogP) is 4.14. The van der Waals surface area contributed by atoms with Crippen LogP contribution in [0.5, 0.6) is 0 Å².